The predicted octanol–water partition coefficient (Wildman–Crippen LogP) is 2.44. The first kappa shape index (κ1) is 14.4. The number of benzene rings is 1. The Hall–Kier alpha value is -1.06. The molecule has 1 amide bonds. The number of nitrogens with zero attached hydrogens (tertiary/aromatic N) is 2. The van der Waals surface area contributed by atoms with Crippen molar-refractivity contribution in [1.29, 1.82) is 0 Å². The lowest BCUT2D eigenvalue weighted by Gasteiger charge is -2.34. The van der Waals surface area contributed by atoms with Gasteiger partial charge in [-0.3, -0.25) is 9.69 Å². The zero-order valence-corrected chi connectivity index (χ0v) is 12.2. The fourth-order valence-electron chi connectivity index (χ4n) is 2.49. The number of amides is 1. The van der Waals surface area contributed by atoms with E-state index in [1.54, 1.807) is 6.92 Å². The van der Waals surface area contributed by atoms with Crippen LogP contribution in [-0.4, -0.2) is 48.4 Å². The number of halogens is 1. The maximum Gasteiger partial charge on any atom is 0.219 e. The molecule has 104 valence electrons. The summed E-state index contributed by atoms with van der Waals surface area (Å²) in [6.45, 7) is 6.47. The fourth-order valence-corrected chi connectivity index (χ4v) is 2.70. The molecule has 19 heavy (non-hydrogen) atoms. The minimum Gasteiger partial charge on any atom is -0.340 e. The minimum atomic E-state index is 0.193. The first-order valence-electron chi connectivity index (χ1n) is 6.87. The number of carbonyl (C=O) groups is 1. The Morgan fingerprint density at radius 3 is 2.63 bits per heavy atom. The van der Waals surface area contributed by atoms with Gasteiger partial charge in [0.2, 0.25) is 5.91 Å². The predicted molar refractivity (Wildman–Crippen MR) is 78.5 cm³/mol. The van der Waals surface area contributed by atoms with E-state index >= 15 is 0 Å². The SMILES string of the molecule is CC(=O)N1CCN(CCCc2cccc(Cl)c2)CC1. The van der Waals surface area contributed by atoms with E-state index in [1.165, 1.54) is 5.56 Å². The van der Waals surface area contributed by atoms with Crippen molar-refractivity contribution in [3.05, 3.63) is 34.9 Å². The molecule has 1 aliphatic rings. The van der Waals surface area contributed by atoms with Gasteiger partial charge in [0.1, 0.15) is 0 Å². The summed E-state index contributed by atoms with van der Waals surface area (Å²) >= 11 is 5.97. The summed E-state index contributed by atoms with van der Waals surface area (Å²) in [5.74, 6) is 0.193. The van der Waals surface area contributed by atoms with Crippen molar-refractivity contribution >= 4 is 17.5 Å². The van der Waals surface area contributed by atoms with E-state index < -0.39 is 0 Å². The standard InChI is InChI=1S/C15H21ClN2O/c1-13(19)18-10-8-17(9-11-18)7-3-5-14-4-2-6-15(16)12-14/h2,4,6,12H,3,5,7-11H2,1H3. The Morgan fingerprint density at radius 2 is 2.00 bits per heavy atom. The molecule has 1 aliphatic heterocycles. The first-order chi connectivity index (χ1) is 9.15. The van der Waals surface area contributed by atoms with Gasteiger partial charge in [0.15, 0.2) is 0 Å². The number of rotatable bonds is 4. The molecule has 1 aromatic rings. The maximum absolute atomic E-state index is 11.2. The van der Waals surface area contributed by atoms with E-state index in [0.717, 1.165) is 50.6 Å². The molecule has 0 N–H and O–H groups in total. The summed E-state index contributed by atoms with van der Waals surface area (Å²) in [5, 5.41) is 0.813. The third-order valence-electron chi connectivity index (χ3n) is 3.65. The van der Waals surface area contributed by atoms with Gasteiger partial charge in [0.25, 0.3) is 0 Å². The van der Waals surface area contributed by atoms with Gasteiger partial charge < -0.3 is 4.90 Å². The molecule has 2 rings (SSSR count). The maximum atomic E-state index is 11.2. The summed E-state index contributed by atoms with van der Waals surface area (Å²) in [6, 6.07) is 8.07. The molecule has 0 aliphatic carbocycles. The monoisotopic (exact) mass is 280 g/mol. The second-order valence-electron chi connectivity index (χ2n) is 5.08. The molecule has 3 nitrogen and oxygen atoms in total. The molecule has 1 heterocycles. The van der Waals surface area contributed by atoms with E-state index in [0.29, 0.717) is 0 Å². The van der Waals surface area contributed by atoms with Crippen LogP contribution < -0.4 is 0 Å². The Kier molecular flexibility index (Phi) is 5.23. The van der Waals surface area contributed by atoms with Crippen LogP contribution in [0.15, 0.2) is 24.3 Å². The van der Waals surface area contributed by atoms with Gasteiger partial charge in [-0.05, 0) is 37.1 Å². The van der Waals surface area contributed by atoms with Crippen LogP contribution in [0, 0.1) is 0 Å². The van der Waals surface area contributed by atoms with Crippen LogP contribution >= 0.6 is 11.6 Å². The second-order valence-corrected chi connectivity index (χ2v) is 5.52. The van der Waals surface area contributed by atoms with Crippen molar-refractivity contribution < 1.29 is 4.79 Å². The van der Waals surface area contributed by atoms with Crippen LogP contribution in [0.3, 0.4) is 0 Å². The van der Waals surface area contributed by atoms with Crippen LogP contribution in [0.2, 0.25) is 5.02 Å². The summed E-state index contributed by atoms with van der Waals surface area (Å²) in [7, 11) is 0. The van der Waals surface area contributed by atoms with Crippen molar-refractivity contribution in [1.82, 2.24) is 9.80 Å². The molecule has 0 bridgehead atoms. The summed E-state index contributed by atoms with van der Waals surface area (Å²) in [6.07, 6.45) is 2.20. The number of hydrogen-bond donors (Lipinski definition) is 0. The van der Waals surface area contributed by atoms with Gasteiger partial charge in [0, 0.05) is 38.1 Å². The van der Waals surface area contributed by atoms with Gasteiger partial charge >= 0.3 is 0 Å². The lowest BCUT2D eigenvalue weighted by atomic mass is 10.1. The lowest BCUT2D eigenvalue weighted by Crippen LogP contribution is -2.48. The van der Waals surface area contributed by atoms with E-state index in [-0.39, 0.29) is 5.91 Å². The largest absolute Gasteiger partial charge is 0.340 e. The molecule has 1 fully saturated rings. The Balaban J connectivity index is 1.68. The molecule has 1 saturated heterocycles. The van der Waals surface area contributed by atoms with Crippen molar-refractivity contribution in [2.24, 2.45) is 0 Å². The first-order valence-corrected chi connectivity index (χ1v) is 7.25. The Bertz CT molecular complexity index is 428. The molecule has 0 atom stereocenters. The van der Waals surface area contributed by atoms with Crippen LogP contribution in [0.1, 0.15) is 18.9 Å². The molecule has 0 unspecified atom stereocenters. The molecule has 0 radical (unpaired) electrons. The quantitative estimate of drug-likeness (QED) is 0.846. The third kappa shape index (κ3) is 4.51. The summed E-state index contributed by atoms with van der Waals surface area (Å²) in [5.41, 5.74) is 1.30. The number of hydrogen-bond acceptors (Lipinski definition) is 2. The highest BCUT2D eigenvalue weighted by Crippen LogP contribution is 2.12. The fraction of sp³-hybridized carbons (Fsp3) is 0.533. The molecule has 0 aromatic heterocycles. The third-order valence-corrected chi connectivity index (χ3v) is 3.88. The summed E-state index contributed by atoms with van der Waals surface area (Å²) < 4.78 is 0. The van der Waals surface area contributed by atoms with Crippen molar-refractivity contribution in [3.63, 3.8) is 0 Å². The molecular weight excluding hydrogens is 260 g/mol. The van der Waals surface area contributed by atoms with E-state index in [2.05, 4.69) is 11.0 Å². The average Bonchev–Trinajstić information content (AvgIpc) is 2.39. The van der Waals surface area contributed by atoms with Gasteiger partial charge in [-0.1, -0.05) is 23.7 Å². The van der Waals surface area contributed by atoms with Crippen molar-refractivity contribution in [2.45, 2.75) is 19.8 Å². The zero-order chi connectivity index (χ0) is 13.7. The molecule has 0 spiro atoms. The second kappa shape index (κ2) is 6.92. The smallest absolute Gasteiger partial charge is 0.219 e. The van der Waals surface area contributed by atoms with Crippen LogP contribution in [0.4, 0.5) is 0 Å². The topological polar surface area (TPSA) is 23.6 Å². The summed E-state index contributed by atoms with van der Waals surface area (Å²) in [4.78, 5) is 15.6. The van der Waals surface area contributed by atoms with Gasteiger partial charge in [0.05, 0.1) is 0 Å². The minimum absolute atomic E-state index is 0.193. The van der Waals surface area contributed by atoms with Crippen molar-refractivity contribution in [2.75, 3.05) is 32.7 Å². The van der Waals surface area contributed by atoms with Gasteiger partial charge in [-0.15, -0.1) is 0 Å². The number of carbonyl (C=O) groups excluding carboxylic acids is 1. The van der Waals surface area contributed by atoms with E-state index in [4.69, 9.17) is 11.6 Å². The highest BCUT2D eigenvalue weighted by atomic mass is 35.5. The lowest BCUT2D eigenvalue weighted by molar-refractivity contribution is -0.130. The average molecular weight is 281 g/mol. The molecule has 4 heteroatoms. The van der Waals surface area contributed by atoms with Gasteiger partial charge in [-0.2, -0.15) is 0 Å². The number of aryl methyl sites for hydroxylation is 1. The molecule has 1 aromatic carbocycles. The van der Waals surface area contributed by atoms with Crippen LogP contribution in [-0.2, 0) is 11.2 Å². The zero-order valence-electron chi connectivity index (χ0n) is 11.4. The van der Waals surface area contributed by atoms with Crippen molar-refractivity contribution in [3.8, 4) is 0 Å². The normalized spacial score (nSPS) is 16.6. The van der Waals surface area contributed by atoms with Crippen LogP contribution in [0.5, 0.6) is 0 Å². The van der Waals surface area contributed by atoms with E-state index in [9.17, 15) is 4.79 Å². The van der Waals surface area contributed by atoms with Crippen LogP contribution in [0.25, 0.3) is 0 Å². The Labute approximate surface area is 120 Å². The molecule has 0 saturated carbocycles. The highest BCUT2D eigenvalue weighted by Gasteiger charge is 2.17. The molecular formula is C15H21ClN2O. The Morgan fingerprint density at radius 1 is 1.26 bits per heavy atom. The highest BCUT2D eigenvalue weighted by molar-refractivity contribution is 6.30. The number of piperazine rings is 1. The van der Waals surface area contributed by atoms with E-state index in [1.807, 2.05) is 23.1 Å². The van der Waals surface area contributed by atoms with Gasteiger partial charge in [-0.25, -0.2) is 0 Å².